The number of amides is 1. The van der Waals surface area contributed by atoms with E-state index in [1.807, 2.05) is 38.3 Å². The van der Waals surface area contributed by atoms with E-state index < -0.39 is 6.43 Å². The molecule has 0 spiro atoms. The number of esters is 1. The molecular weight excluding hydrogens is 649 g/mol. The van der Waals surface area contributed by atoms with E-state index in [0.29, 0.717) is 49.5 Å². The van der Waals surface area contributed by atoms with E-state index in [0.717, 1.165) is 34.9 Å². The van der Waals surface area contributed by atoms with Crippen molar-refractivity contribution in [2.45, 2.75) is 78.2 Å². The van der Waals surface area contributed by atoms with E-state index in [9.17, 15) is 22.8 Å². The molecule has 1 aromatic carbocycles. The topological polar surface area (TPSA) is 83.4 Å². The van der Waals surface area contributed by atoms with Crippen LogP contribution in [0.4, 0.5) is 13.2 Å². The van der Waals surface area contributed by atoms with Crippen molar-refractivity contribution in [2.75, 3.05) is 27.2 Å². The molecule has 47 heavy (non-hydrogen) atoms. The lowest BCUT2D eigenvalue weighted by Crippen LogP contribution is -2.39. The van der Waals surface area contributed by atoms with Crippen molar-refractivity contribution in [3.8, 4) is 0 Å². The highest BCUT2D eigenvalue weighted by Crippen LogP contribution is 2.34. The average molecular weight is 695 g/mol. The van der Waals surface area contributed by atoms with Gasteiger partial charge in [-0.05, 0) is 62.8 Å². The Morgan fingerprint density at radius 1 is 1.28 bits per heavy atom. The maximum Gasteiger partial charge on any atom is 0.308 e. The van der Waals surface area contributed by atoms with Crippen LogP contribution in [0.5, 0.6) is 0 Å². The van der Waals surface area contributed by atoms with Crippen molar-refractivity contribution >= 4 is 46.8 Å². The Hall–Kier alpha value is -3.31. The molecule has 12 heteroatoms. The minimum Gasteiger partial charge on any atom is -0.469 e. The zero-order chi connectivity index (χ0) is 34.8. The molecule has 2 atom stereocenters. The Morgan fingerprint density at radius 3 is 2.62 bits per heavy atom. The van der Waals surface area contributed by atoms with Crippen LogP contribution in [0.3, 0.4) is 0 Å². The lowest BCUT2D eigenvalue weighted by atomic mass is 9.97. The smallest absolute Gasteiger partial charge is 0.308 e. The fourth-order valence-corrected chi connectivity index (χ4v) is 6.13. The number of halogens is 4. The molecule has 2 unspecified atom stereocenters. The van der Waals surface area contributed by atoms with Crippen LogP contribution in [-0.4, -0.2) is 68.0 Å². The maximum absolute atomic E-state index is 12.9. The van der Waals surface area contributed by atoms with Gasteiger partial charge >= 0.3 is 5.97 Å². The van der Waals surface area contributed by atoms with Crippen LogP contribution < -0.4 is 5.32 Å². The van der Waals surface area contributed by atoms with Crippen LogP contribution in [0.15, 0.2) is 80.1 Å². The summed E-state index contributed by atoms with van der Waals surface area (Å²) in [4.78, 5) is 37.2. The van der Waals surface area contributed by atoms with Crippen LogP contribution in [0.1, 0.15) is 65.7 Å². The standard InChI is InChI=1S/C29H42F2N4O3S.C6H4ClF/c1-6-11-20(29(37)38-5)12-9-15-27(36)34-21-17-24-22(23(32-4)13-10-14-26(30)31)18-33-28(35(24)19-21)25(8-3)39-16-7-2;7-5-2-1-3-6(8)4-5/h7-8,10,13,16,20-21,26H,6,9,11-12,14-15,17-19H2,1-5H3,(H,34,36);1-4H/b13-10-,16-7-,25-8?,32-23?;. The van der Waals surface area contributed by atoms with Gasteiger partial charge in [-0.15, -0.1) is 0 Å². The van der Waals surface area contributed by atoms with E-state index in [2.05, 4.69) is 15.2 Å². The molecule has 2 aliphatic rings. The van der Waals surface area contributed by atoms with Crippen LogP contribution >= 0.6 is 23.4 Å². The summed E-state index contributed by atoms with van der Waals surface area (Å²) < 4.78 is 42.4. The Kier molecular flexibility index (Phi) is 18.3. The van der Waals surface area contributed by atoms with Crippen molar-refractivity contribution in [3.63, 3.8) is 0 Å². The van der Waals surface area contributed by atoms with Crippen molar-refractivity contribution in [1.82, 2.24) is 10.2 Å². The number of allylic oxidation sites excluding steroid dienone is 4. The van der Waals surface area contributed by atoms with Gasteiger partial charge in [0.05, 0.1) is 31.3 Å². The number of carbonyl (C=O) groups excluding carboxylic acids is 2. The summed E-state index contributed by atoms with van der Waals surface area (Å²) in [5, 5.41) is 5.59. The highest BCUT2D eigenvalue weighted by molar-refractivity contribution is 8.06. The van der Waals surface area contributed by atoms with Gasteiger partial charge in [0.2, 0.25) is 12.3 Å². The molecule has 1 saturated heterocycles. The quantitative estimate of drug-likeness (QED) is 0.147. The Balaban J connectivity index is 0.000000833. The summed E-state index contributed by atoms with van der Waals surface area (Å²) in [6.07, 6.45) is 8.08. The molecule has 0 aromatic heterocycles. The molecule has 0 aliphatic carbocycles. The Bertz CT molecular complexity index is 1360. The maximum atomic E-state index is 12.9. The van der Waals surface area contributed by atoms with E-state index in [-0.39, 0.29) is 36.1 Å². The molecule has 7 nitrogen and oxygen atoms in total. The number of hydrogen-bond donors (Lipinski definition) is 1. The van der Waals surface area contributed by atoms with Crippen molar-refractivity contribution in [3.05, 3.63) is 81.0 Å². The molecular formula is C35H46ClF3N4O3S. The fourth-order valence-electron chi connectivity index (χ4n) is 5.25. The van der Waals surface area contributed by atoms with E-state index >= 15 is 0 Å². The zero-order valence-electron chi connectivity index (χ0n) is 27.8. The van der Waals surface area contributed by atoms with Gasteiger partial charge in [0.1, 0.15) is 11.7 Å². The lowest BCUT2D eigenvalue weighted by Gasteiger charge is -2.29. The second-order valence-electron chi connectivity index (χ2n) is 10.9. The molecule has 258 valence electrons. The minimum absolute atomic E-state index is 0.0589. The number of nitrogens with zero attached hydrogens (tertiary/aromatic N) is 3. The van der Waals surface area contributed by atoms with E-state index in [1.165, 1.54) is 25.3 Å². The summed E-state index contributed by atoms with van der Waals surface area (Å²) in [5.74, 6) is 0.0822. The predicted molar refractivity (Wildman–Crippen MR) is 188 cm³/mol. The first-order chi connectivity index (χ1) is 22.6. The fraction of sp³-hybridized carbons (Fsp3) is 0.486. The lowest BCUT2D eigenvalue weighted by molar-refractivity contribution is -0.146. The van der Waals surface area contributed by atoms with E-state index in [4.69, 9.17) is 21.3 Å². The number of nitrogens with one attached hydrogen (secondary N) is 1. The van der Waals surface area contributed by atoms with Gasteiger partial charge in [0.15, 0.2) is 0 Å². The molecule has 1 N–H and O–H groups in total. The summed E-state index contributed by atoms with van der Waals surface area (Å²) in [7, 11) is 3.04. The number of hydrogen-bond acceptors (Lipinski definition) is 7. The molecule has 1 fully saturated rings. The van der Waals surface area contributed by atoms with Crippen LogP contribution in [0.2, 0.25) is 5.02 Å². The van der Waals surface area contributed by atoms with Crippen molar-refractivity contribution in [1.29, 1.82) is 0 Å². The number of carbonyl (C=O) groups is 2. The molecule has 0 radical (unpaired) electrons. The number of ether oxygens (including phenoxy) is 1. The highest BCUT2D eigenvalue weighted by atomic mass is 35.5. The number of aliphatic imine (C=N–C) groups is 2. The first-order valence-corrected chi connectivity index (χ1v) is 17.0. The molecule has 0 bridgehead atoms. The number of benzene rings is 1. The number of amidine groups is 1. The number of alkyl halides is 2. The van der Waals surface area contributed by atoms with Gasteiger partial charge in [0, 0.05) is 54.1 Å². The summed E-state index contributed by atoms with van der Waals surface area (Å²) in [6, 6.07) is 5.68. The second kappa shape index (κ2) is 21.5. The van der Waals surface area contributed by atoms with Gasteiger partial charge in [-0.2, -0.15) is 0 Å². The average Bonchev–Trinajstić information content (AvgIpc) is 3.46. The molecule has 2 heterocycles. The van der Waals surface area contributed by atoms with Gasteiger partial charge in [-0.1, -0.05) is 61.0 Å². The number of rotatable bonds is 15. The Morgan fingerprint density at radius 2 is 2.04 bits per heavy atom. The molecule has 1 amide bonds. The number of fused-ring (bicyclic) bond motifs is 1. The third-order valence-corrected chi connectivity index (χ3v) is 8.71. The van der Waals surface area contributed by atoms with Gasteiger partial charge in [0.25, 0.3) is 0 Å². The van der Waals surface area contributed by atoms with Crippen LogP contribution in [0.25, 0.3) is 0 Å². The van der Waals surface area contributed by atoms with Gasteiger partial charge in [-0.3, -0.25) is 19.6 Å². The Labute approximate surface area is 286 Å². The monoisotopic (exact) mass is 694 g/mol. The SMILES string of the molecule is CC=C(S/C=C\C)C1=NCC(C(/C=C\CC(F)F)=NC)=C2CC(NC(=O)CCCC(CCC)C(=O)OC)CN12.Fc1cccc(Cl)c1. The molecule has 2 aliphatic heterocycles. The first-order valence-electron chi connectivity index (χ1n) is 15.8. The van der Waals surface area contributed by atoms with E-state index in [1.54, 1.807) is 37.0 Å². The second-order valence-corrected chi connectivity index (χ2v) is 12.2. The normalized spacial score (nSPS) is 17.5. The zero-order valence-corrected chi connectivity index (χ0v) is 29.4. The largest absolute Gasteiger partial charge is 0.469 e. The summed E-state index contributed by atoms with van der Waals surface area (Å²) in [5.41, 5.74) is 2.51. The van der Waals surface area contributed by atoms with Crippen molar-refractivity contribution < 1.29 is 27.5 Å². The van der Waals surface area contributed by atoms with Crippen molar-refractivity contribution in [2.24, 2.45) is 15.9 Å². The number of thioether (sulfide) groups is 1. The minimum atomic E-state index is -2.42. The molecule has 1 aromatic rings. The van der Waals surface area contributed by atoms with Crippen LogP contribution in [-0.2, 0) is 14.3 Å². The predicted octanol–water partition coefficient (Wildman–Crippen LogP) is 8.53. The molecule has 3 rings (SSSR count). The third kappa shape index (κ3) is 13.4. The first kappa shape index (κ1) is 39.9. The van der Waals surface area contributed by atoms with Crippen LogP contribution in [0, 0.1) is 11.7 Å². The van der Waals surface area contributed by atoms with Gasteiger partial charge in [-0.25, -0.2) is 13.2 Å². The summed E-state index contributed by atoms with van der Waals surface area (Å²) in [6.45, 7) is 6.88. The summed E-state index contributed by atoms with van der Waals surface area (Å²) >= 11 is 6.98. The number of methoxy groups -OCH3 is 1. The highest BCUT2D eigenvalue weighted by Gasteiger charge is 2.36. The third-order valence-electron chi connectivity index (χ3n) is 7.39. The molecule has 0 saturated carbocycles. The van der Waals surface area contributed by atoms with Gasteiger partial charge < -0.3 is 15.0 Å².